The van der Waals surface area contributed by atoms with Crippen molar-refractivity contribution in [3.05, 3.63) is 30.1 Å². The third-order valence-electron chi connectivity index (χ3n) is 2.01. The molecule has 0 heterocycles. The zero-order valence-corrected chi connectivity index (χ0v) is 8.89. The molecule has 1 rings (SSSR count). The maximum atomic E-state index is 12.7. The number of nitrogens with zero attached hydrogens (tertiary/aromatic N) is 1. The summed E-state index contributed by atoms with van der Waals surface area (Å²) in [6, 6.07) is 4.61. The van der Waals surface area contributed by atoms with Gasteiger partial charge in [0.25, 0.3) is 0 Å². The predicted octanol–water partition coefficient (Wildman–Crippen LogP) is 2.25. The molecule has 0 aromatic heterocycles. The van der Waals surface area contributed by atoms with Crippen molar-refractivity contribution < 1.29 is 19.1 Å². The van der Waals surface area contributed by atoms with Crippen molar-refractivity contribution in [2.24, 2.45) is 0 Å². The summed E-state index contributed by atoms with van der Waals surface area (Å²) in [4.78, 5) is 23.1. The van der Waals surface area contributed by atoms with E-state index < -0.39 is 17.8 Å². The highest BCUT2D eigenvalue weighted by Gasteiger charge is 2.21. The molecule has 0 aliphatic heterocycles. The summed E-state index contributed by atoms with van der Waals surface area (Å²) >= 11 is 0. The average molecular weight is 235 g/mol. The van der Waals surface area contributed by atoms with E-state index in [-0.39, 0.29) is 18.5 Å². The second-order valence-corrected chi connectivity index (χ2v) is 3.19. The highest BCUT2D eigenvalue weighted by molar-refractivity contribution is 6.11. The van der Waals surface area contributed by atoms with E-state index in [9.17, 15) is 14.0 Å². The normalized spacial score (nSPS) is 9.41. The van der Waals surface area contributed by atoms with Gasteiger partial charge in [0.1, 0.15) is 5.82 Å². The quantitative estimate of drug-likeness (QED) is 0.817. The zero-order valence-electron chi connectivity index (χ0n) is 8.89. The van der Waals surface area contributed by atoms with Crippen molar-refractivity contribution in [2.45, 2.75) is 12.8 Å². The van der Waals surface area contributed by atoms with Gasteiger partial charge in [0.2, 0.25) is 5.91 Å². The Bertz CT molecular complexity index is 462. The first kappa shape index (κ1) is 12.7. The number of rotatable bonds is 3. The van der Waals surface area contributed by atoms with Crippen LogP contribution in [0.3, 0.4) is 0 Å². The standard InChI is InChI=1S/C12H10FNO3/c1-2-3-4-11(15)14(12(16)17)10-7-5-9(13)6-8-10/h1,5-8H,3-4H2,(H,16,17). The van der Waals surface area contributed by atoms with Crippen molar-refractivity contribution in [2.75, 3.05) is 4.90 Å². The highest BCUT2D eigenvalue weighted by atomic mass is 19.1. The molecule has 0 bridgehead atoms. The van der Waals surface area contributed by atoms with Gasteiger partial charge in [-0.25, -0.2) is 14.1 Å². The molecule has 1 aromatic rings. The number of benzene rings is 1. The van der Waals surface area contributed by atoms with Crippen LogP contribution in [0.15, 0.2) is 24.3 Å². The van der Waals surface area contributed by atoms with E-state index in [1.54, 1.807) is 0 Å². The van der Waals surface area contributed by atoms with Crippen molar-refractivity contribution in [1.82, 2.24) is 0 Å². The summed E-state index contributed by atoms with van der Waals surface area (Å²) in [5.74, 6) is 1.11. The van der Waals surface area contributed by atoms with Gasteiger partial charge in [0, 0.05) is 12.8 Å². The van der Waals surface area contributed by atoms with Crippen LogP contribution in [0.5, 0.6) is 0 Å². The van der Waals surface area contributed by atoms with Gasteiger partial charge in [-0.15, -0.1) is 12.3 Å². The van der Waals surface area contributed by atoms with Gasteiger partial charge < -0.3 is 5.11 Å². The van der Waals surface area contributed by atoms with Crippen LogP contribution in [0.2, 0.25) is 0 Å². The van der Waals surface area contributed by atoms with Gasteiger partial charge >= 0.3 is 6.09 Å². The van der Waals surface area contributed by atoms with Crippen LogP contribution >= 0.6 is 0 Å². The van der Waals surface area contributed by atoms with Crippen LogP contribution in [0.4, 0.5) is 14.9 Å². The van der Waals surface area contributed by atoms with Crippen LogP contribution < -0.4 is 4.90 Å². The van der Waals surface area contributed by atoms with E-state index in [0.29, 0.717) is 4.90 Å². The fourth-order valence-electron chi connectivity index (χ4n) is 1.24. The monoisotopic (exact) mass is 235 g/mol. The summed E-state index contributed by atoms with van der Waals surface area (Å²) < 4.78 is 12.7. The molecule has 4 nitrogen and oxygen atoms in total. The number of terminal acetylenes is 1. The number of amides is 2. The molecule has 0 atom stereocenters. The summed E-state index contributed by atoms with van der Waals surface area (Å²) in [5.41, 5.74) is 0.0981. The van der Waals surface area contributed by atoms with Gasteiger partial charge in [-0.05, 0) is 24.3 Å². The van der Waals surface area contributed by atoms with E-state index >= 15 is 0 Å². The van der Waals surface area contributed by atoms with Crippen LogP contribution in [0.25, 0.3) is 0 Å². The molecular weight excluding hydrogens is 225 g/mol. The maximum Gasteiger partial charge on any atom is 0.418 e. The molecule has 0 saturated carbocycles. The molecule has 1 aromatic carbocycles. The fourth-order valence-corrected chi connectivity index (χ4v) is 1.24. The highest BCUT2D eigenvalue weighted by Crippen LogP contribution is 2.16. The molecule has 0 unspecified atom stereocenters. The largest absolute Gasteiger partial charge is 0.464 e. The number of carbonyl (C=O) groups excluding carboxylic acids is 1. The molecule has 0 aliphatic rings. The van der Waals surface area contributed by atoms with Crippen molar-refractivity contribution in [3.8, 4) is 12.3 Å². The minimum atomic E-state index is -1.42. The van der Waals surface area contributed by atoms with E-state index in [2.05, 4.69) is 5.92 Å². The minimum Gasteiger partial charge on any atom is -0.464 e. The number of carbonyl (C=O) groups is 2. The Labute approximate surface area is 97.7 Å². The van der Waals surface area contributed by atoms with Crippen LogP contribution in [0, 0.1) is 18.2 Å². The summed E-state index contributed by atoms with van der Waals surface area (Å²) in [6.07, 6.45) is 3.66. The zero-order chi connectivity index (χ0) is 12.8. The van der Waals surface area contributed by atoms with Gasteiger partial charge in [-0.1, -0.05) is 0 Å². The second-order valence-electron chi connectivity index (χ2n) is 3.19. The third kappa shape index (κ3) is 3.31. The maximum absolute atomic E-state index is 12.7. The molecule has 88 valence electrons. The van der Waals surface area contributed by atoms with Gasteiger partial charge in [-0.3, -0.25) is 4.79 Å². The molecule has 0 aliphatic carbocycles. The van der Waals surface area contributed by atoms with E-state index in [4.69, 9.17) is 11.5 Å². The van der Waals surface area contributed by atoms with Crippen LogP contribution in [-0.4, -0.2) is 17.1 Å². The topological polar surface area (TPSA) is 57.6 Å². The van der Waals surface area contributed by atoms with Gasteiger partial charge in [0.05, 0.1) is 5.69 Å². The molecule has 0 radical (unpaired) electrons. The van der Waals surface area contributed by atoms with Crippen LogP contribution in [-0.2, 0) is 4.79 Å². The number of hydrogen-bond acceptors (Lipinski definition) is 2. The Morgan fingerprint density at radius 2 is 1.94 bits per heavy atom. The first-order valence-corrected chi connectivity index (χ1v) is 4.81. The Hall–Kier alpha value is -2.35. The lowest BCUT2D eigenvalue weighted by Gasteiger charge is -2.16. The van der Waals surface area contributed by atoms with Crippen molar-refractivity contribution >= 4 is 17.7 Å². The van der Waals surface area contributed by atoms with E-state index in [1.165, 1.54) is 12.1 Å². The predicted molar refractivity (Wildman–Crippen MR) is 60.0 cm³/mol. The lowest BCUT2D eigenvalue weighted by atomic mass is 10.2. The number of imide groups is 1. The van der Waals surface area contributed by atoms with Crippen LogP contribution in [0.1, 0.15) is 12.8 Å². The summed E-state index contributed by atoms with van der Waals surface area (Å²) in [7, 11) is 0. The average Bonchev–Trinajstić information content (AvgIpc) is 2.29. The molecule has 0 saturated heterocycles. The van der Waals surface area contributed by atoms with Gasteiger partial charge in [0.15, 0.2) is 0 Å². The number of carboxylic acid groups (broad SMARTS) is 1. The molecule has 17 heavy (non-hydrogen) atoms. The SMILES string of the molecule is C#CCCC(=O)N(C(=O)O)c1ccc(F)cc1. The Balaban J connectivity index is 2.94. The fraction of sp³-hybridized carbons (Fsp3) is 0.167. The summed E-state index contributed by atoms with van der Waals surface area (Å²) in [5, 5.41) is 8.93. The molecule has 2 amide bonds. The second kappa shape index (κ2) is 5.66. The molecule has 5 heteroatoms. The lowest BCUT2D eigenvalue weighted by molar-refractivity contribution is -0.118. The molecule has 0 spiro atoms. The Morgan fingerprint density at radius 3 is 2.41 bits per heavy atom. The van der Waals surface area contributed by atoms with Gasteiger partial charge in [-0.2, -0.15) is 0 Å². The number of anilines is 1. The number of halogens is 1. The molecule has 1 N–H and O–H groups in total. The first-order chi connectivity index (χ1) is 8.06. The lowest BCUT2D eigenvalue weighted by Crippen LogP contribution is -2.35. The Kier molecular flexibility index (Phi) is 4.23. The summed E-state index contributed by atoms with van der Waals surface area (Å²) in [6.45, 7) is 0. The number of hydrogen-bond donors (Lipinski definition) is 1. The minimum absolute atomic E-state index is 0.0693. The van der Waals surface area contributed by atoms with Crippen molar-refractivity contribution in [1.29, 1.82) is 0 Å². The molecule has 0 fully saturated rings. The van der Waals surface area contributed by atoms with Crippen molar-refractivity contribution in [3.63, 3.8) is 0 Å². The smallest absolute Gasteiger partial charge is 0.418 e. The third-order valence-corrected chi connectivity index (χ3v) is 2.01. The Morgan fingerprint density at radius 1 is 1.35 bits per heavy atom. The first-order valence-electron chi connectivity index (χ1n) is 4.81. The van der Waals surface area contributed by atoms with E-state index in [0.717, 1.165) is 12.1 Å². The molecular formula is C12H10FNO3. The van der Waals surface area contributed by atoms with E-state index in [1.807, 2.05) is 0 Å².